The molecule has 0 radical (unpaired) electrons. The number of rotatable bonds is 3. The van der Waals surface area contributed by atoms with Gasteiger partial charge in [-0.1, -0.05) is 53.1 Å². The molecule has 0 saturated carbocycles. The summed E-state index contributed by atoms with van der Waals surface area (Å²) < 4.78 is 3.54. The number of hydrogen-bond donors (Lipinski definition) is 0. The summed E-state index contributed by atoms with van der Waals surface area (Å²) in [6.07, 6.45) is 5.50. The Kier molecular flexibility index (Phi) is 3.98. The molecule has 3 rings (SSSR count). The van der Waals surface area contributed by atoms with E-state index in [1.165, 1.54) is 16.7 Å². The molecule has 0 atom stereocenters. The summed E-state index contributed by atoms with van der Waals surface area (Å²) in [5.74, 6) is -0.259. The van der Waals surface area contributed by atoms with Gasteiger partial charge in [-0.05, 0) is 37.5 Å². The predicted molar refractivity (Wildman–Crippen MR) is 88.6 cm³/mol. The van der Waals surface area contributed by atoms with Gasteiger partial charge in [0.1, 0.15) is 11.9 Å². The van der Waals surface area contributed by atoms with Crippen molar-refractivity contribution in [1.82, 2.24) is 4.68 Å². The SMILES string of the molecule is Cc1cc(C)c(-[n+]2ccn(/N=C(\[O-])c3ccccc3)c2)c(C)c1. The number of aromatic nitrogens is 2. The predicted octanol–water partition coefficient (Wildman–Crippen LogP) is 2.26. The molecule has 2 aromatic carbocycles. The van der Waals surface area contributed by atoms with Crippen molar-refractivity contribution in [2.24, 2.45) is 5.10 Å². The number of benzene rings is 2. The second-order valence-electron chi connectivity index (χ2n) is 5.72. The van der Waals surface area contributed by atoms with Crippen LogP contribution in [0.2, 0.25) is 0 Å². The number of nitrogens with zero attached hydrogens (tertiary/aromatic N) is 3. The monoisotopic (exact) mass is 305 g/mol. The molecule has 4 heteroatoms. The lowest BCUT2D eigenvalue weighted by atomic mass is 10.1. The zero-order valence-electron chi connectivity index (χ0n) is 13.5. The van der Waals surface area contributed by atoms with E-state index in [0.717, 1.165) is 5.69 Å². The molecule has 0 saturated heterocycles. The van der Waals surface area contributed by atoms with Crippen LogP contribution in [0.5, 0.6) is 0 Å². The molecule has 0 aliphatic carbocycles. The fourth-order valence-electron chi connectivity index (χ4n) is 2.86. The molecule has 0 fully saturated rings. The van der Waals surface area contributed by atoms with E-state index in [0.29, 0.717) is 5.56 Å². The van der Waals surface area contributed by atoms with Gasteiger partial charge in [-0.15, -0.1) is 4.68 Å². The maximum Gasteiger partial charge on any atom is 0.274 e. The first-order valence-corrected chi connectivity index (χ1v) is 7.53. The summed E-state index contributed by atoms with van der Waals surface area (Å²) in [4.78, 5) is 0. The second-order valence-corrected chi connectivity index (χ2v) is 5.72. The van der Waals surface area contributed by atoms with Crippen molar-refractivity contribution in [1.29, 1.82) is 0 Å². The number of aryl methyl sites for hydroxylation is 3. The van der Waals surface area contributed by atoms with E-state index in [9.17, 15) is 5.11 Å². The maximum absolute atomic E-state index is 12.1. The fraction of sp³-hybridized carbons (Fsp3) is 0.158. The summed E-state index contributed by atoms with van der Waals surface area (Å²) in [5, 5.41) is 16.3. The molecule has 0 aliphatic rings. The van der Waals surface area contributed by atoms with Crippen LogP contribution in [-0.4, -0.2) is 10.6 Å². The first kappa shape index (κ1) is 15.0. The lowest BCUT2D eigenvalue weighted by Gasteiger charge is -2.07. The Morgan fingerprint density at radius 2 is 1.70 bits per heavy atom. The van der Waals surface area contributed by atoms with Crippen LogP contribution in [0.3, 0.4) is 0 Å². The standard InChI is InChI=1S/C19H19N3O/c1-14-11-15(2)18(16(3)12-14)21-9-10-22(13-21)20-19(23)17-7-5-4-6-8-17/h4-13H,1-3H3. The minimum atomic E-state index is -0.259. The van der Waals surface area contributed by atoms with Gasteiger partial charge in [0.2, 0.25) is 0 Å². The topological polar surface area (TPSA) is 44.2 Å². The van der Waals surface area contributed by atoms with Crippen LogP contribution in [0.15, 0.2) is 66.3 Å². The minimum absolute atomic E-state index is 0.259. The van der Waals surface area contributed by atoms with Gasteiger partial charge in [-0.25, -0.2) is 0 Å². The van der Waals surface area contributed by atoms with Crippen molar-refractivity contribution in [3.63, 3.8) is 0 Å². The molecular formula is C19H19N3O. The molecule has 23 heavy (non-hydrogen) atoms. The third-order valence-corrected chi connectivity index (χ3v) is 3.74. The van der Waals surface area contributed by atoms with Crippen molar-refractivity contribution in [2.75, 3.05) is 0 Å². The van der Waals surface area contributed by atoms with Gasteiger partial charge >= 0.3 is 0 Å². The van der Waals surface area contributed by atoms with E-state index in [2.05, 4.69) is 38.0 Å². The van der Waals surface area contributed by atoms with E-state index in [-0.39, 0.29) is 5.90 Å². The van der Waals surface area contributed by atoms with Crippen LogP contribution in [0.1, 0.15) is 22.3 Å². The molecule has 0 unspecified atom stereocenters. The number of imidazole rings is 1. The Morgan fingerprint density at radius 1 is 1.04 bits per heavy atom. The van der Waals surface area contributed by atoms with Gasteiger partial charge in [-0.2, -0.15) is 4.57 Å². The minimum Gasteiger partial charge on any atom is -0.856 e. The zero-order valence-corrected chi connectivity index (χ0v) is 13.5. The van der Waals surface area contributed by atoms with Crippen molar-refractivity contribution < 1.29 is 9.67 Å². The highest BCUT2D eigenvalue weighted by molar-refractivity contribution is 5.90. The second kappa shape index (κ2) is 6.08. The Bertz CT molecular complexity index is 840. The van der Waals surface area contributed by atoms with Gasteiger partial charge in [0, 0.05) is 5.90 Å². The molecule has 0 amide bonds. The van der Waals surface area contributed by atoms with Crippen LogP contribution in [-0.2, 0) is 0 Å². The van der Waals surface area contributed by atoms with Gasteiger partial charge in [-0.3, -0.25) is 0 Å². The van der Waals surface area contributed by atoms with E-state index < -0.39 is 0 Å². The van der Waals surface area contributed by atoms with Crippen molar-refractivity contribution in [3.8, 4) is 5.69 Å². The Morgan fingerprint density at radius 3 is 2.35 bits per heavy atom. The van der Waals surface area contributed by atoms with Crippen LogP contribution < -0.4 is 9.67 Å². The average Bonchev–Trinajstić information content (AvgIpc) is 2.95. The zero-order chi connectivity index (χ0) is 16.4. The molecule has 3 aromatic rings. The average molecular weight is 305 g/mol. The van der Waals surface area contributed by atoms with Gasteiger partial charge in [0.15, 0.2) is 6.20 Å². The highest BCUT2D eigenvalue weighted by Gasteiger charge is 2.12. The summed E-state index contributed by atoms with van der Waals surface area (Å²) in [6, 6.07) is 13.4. The van der Waals surface area contributed by atoms with Crippen LogP contribution in [0, 0.1) is 20.8 Å². The quantitative estimate of drug-likeness (QED) is 0.416. The van der Waals surface area contributed by atoms with Crippen molar-refractivity contribution in [3.05, 3.63) is 83.4 Å². The fourth-order valence-corrected chi connectivity index (χ4v) is 2.86. The first-order valence-electron chi connectivity index (χ1n) is 7.53. The maximum atomic E-state index is 12.1. The van der Waals surface area contributed by atoms with Crippen molar-refractivity contribution >= 4 is 5.90 Å². The van der Waals surface area contributed by atoms with E-state index in [4.69, 9.17) is 0 Å². The lowest BCUT2D eigenvalue weighted by molar-refractivity contribution is -0.596. The summed E-state index contributed by atoms with van der Waals surface area (Å²) in [5.41, 5.74) is 5.33. The van der Waals surface area contributed by atoms with Gasteiger partial charge < -0.3 is 5.11 Å². The smallest absolute Gasteiger partial charge is 0.274 e. The largest absolute Gasteiger partial charge is 0.856 e. The van der Waals surface area contributed by atoms with E-state index in [1.807, 2.05) is 35.3 Å². The normalized spacial score (nSPS) is 11.7. The van der Waals surface area contributed by atoms with Crippen LogP contribution in [0.25, 0.3) is 5.69 Å². The summed E-state index contributed by atoms with van der Waals surface area (Å²) in [7, 11) is 0. The molecule has 1 aromatic heterocycles. The third-order valence-electron chi connectivity index (χ3n) is 3.74. The molecule has 0 N–H and O–H groups in total. The molecule has 4 nitrogen and oxygen atoms in total. The summed E-state index contributed by atoms with van der Waals surface area (Å²) >= 11 is 0. The van der Waals surface area contributed by atoms with Gasteiger partial charge in [0.25, 0.3) is 6.33 Å². The Labute approximate surface area is 136 Å². The lowest BCUT2D eigenvalue weighted by Crippen LogP contribution is -2.30. The van der Waals surface area contributed by atoms with Crippen molar-refractivity contribution in [2.45, 2.75) is 20.8 Å². The molecule has 0 spiro atoms. The summed E-state index contributed by atoms with van der Waals surface area (Å²) in [6.45, 7) is 6.27. The molecule has 0 aliphatic heterocycles. The highest BCUT2D eigenvalue weighted by atomic mass is 16.3. The highest BCUT2D eigenvalue weighted by Crippen LogP contribution is 2.16. The molecular weight excluding hydrogens is 286 g/mol. The third kappa shape index (κ3) is 3.16. The number of hydrogen-bond acceptors (Lipinski definition) is 2. The van der Waals surface area contributed by atoms with Gasteiger partial charge in [0.05, 0.1) is 0 Å². The first-order chi connectivity index (χ1) is 11.0. The van der Waals surface area contributed by atoms with Crippen LogP contribution >= 0.6 is 0 Å². The van der Waals surface area contributed by atoms with E-state index >= 15 is 0 Å². The molecule has 1 heterocycles. The molecule has 0 bridgehead atoms. The Hall–Kier alpha value is -2.88. The Balaban J connectivity index is 1.96. The van der Waals surface area contributed by atoms with Crippen LogP contribution in [0.4, 0.5) is 0 Å². The molecule has 116 valence electrons. The van der Waals surface area contributed by atoms with E-state index in [1.54, 1.807) is 23.0 Å².